The first-order valence-corrected chi connectivity index (χ1v) is 16.8. The van der Waals surface area contributed by atoms with Crippen LogP contribution in [0.4, 0.5) is 0 Å². The first kappa shape index (κ1) is 29.8. The Morgan fingerprint density at radius 1 is 1.03 bits per heavy atom. The molecule has 0 unspecified atom stereocenters. The van der Waals surface area contributed by atoms with Crippen LogP contribution in [-0.2, 0) is 4.43 Å². The summed E-state index contributed by atoms with van der Waals surface area (Å²) in [7, 11) is -2.62. The van der Waals surface area contributed by atoms with Crippen LogP contribution in [-0.4, -0.2) is 41.9 Å². The zero-order chi connectivity index (χ0) is 28.2. The number of aliphatic hydroxyl groups is 1. The molecule has 0 aliphatic rings. The molecule has 0 saturated carbocycles. The topological polar surface area (TPSA) is 95.2 Å². The van der Waals surface area contributed by atoms with Gasteiger partial charge in [0.2, 0.25) is 0 Å². The molecule has 1 atom stereocenters. The Labute approximate surface area is 246 Å². The lowest BCUT2D eigenvalue weighted by molar-refractivity contribution is 0.173. The minimum atomic E-state index is -2.62. The van der Waals surface area contributed by atoms with E-state index in [0.29, 0.717) is 50.5 Å². The van der Waals surface area contributed by atoms with Gasteiger partial charge in [-0.1, -0.05) is 93.0 Å². The van der Waals surface area contributed by atoms with Crippen molar-refractivity contribution in [1.29, 1.82) is 0 Å². The number of halogens is 2. The summed E-state index contributed by atoms with van der Waals surface area (Å²) in [6.07, 6.45) is 0.603. The lowest BCUT2D eigenvalue weighted by Crippen LogP contribution is -2.66. The fourth-order valence-corrected chi connectivity index (χ4v) is 11.5. The number of hydrogen-bond donors (Lipinski definition) is 3. The number of benzene rings is 3. The summed E-state index contributed by atoms with van der Waals surface area (Å²) in [6, 6.07) is 22.5. The Bertz CT molecular complexity index is 1500. The summed E-state index contributed by atoms with van der Waals surface area (Å²) in [5.74, 6) is 0.363. The third-order valence-corrected chi connectivity index (χ3v) is 14.6. The molecule has 10 heteroatoms. The lowest BCUT2D eigenvalue weighted by atomic mass is 10.2. The molecule has 39 heavy (non-hydrogen) atoms. The molecule has 3 aromatic carbocycles. The van der Waals surface area contributed by atoms with Crippen LogP contribution in [0.25, 0.3) is 10.9 Å². The van der Waals surface area contributed by atoms with Crippen LogP contribution in [0, 0.1) is 0 Å². The van der Waals surface area contributed by atoms with Crippen molar-refractivity contribution in [3.8, 4) is 0 Å². The minimum absolute atomic E-state index is 0.112. The maximum Gasteiger partial charge on any atom is 0.326 e. The Kier molecular flexibility index (Phi) is 9.62. The van der Waals surface area contributed by atoms with E-state index in [0.717, 1.165) is 0 Å². The minimum Gasteiger partial charge on any atom is -0.407 e. The Hall–Kier alpha value is -2.14. The van der Waals surface area contributed by atoms with Crippen molar-refractivity contribution in [2.45, 2.75) is 49.7 Å². The van der Waals surface area contributed by atoms with Crippen LogP contribution >= 0.6 is 39.3 Å². The summed E-state index contributed by atoms with van der Waals surface area (Å²) in [5, 5.41) is 13.8. The number of fused-ring (bicyclic) bond motifs is 1. The molecule has 0 amide bonds. The van der Waals surface area contributed by atoms with E-state index in [1.54, 1.807) is 0 Å². The summed E-state index contributed by atoms with van der Waals surface area (Å²) in [6.45, 7) is 7.25. The van der Waals surface area contributed by atoms with E-state index >= 15 is 0 Å². The number of rotatable bonds is 10. The Morgan fingerprint density at radius 2 is 1.62 bits per heavy atom. The van der Waals surface area contributed by atoms with Crippen molar-refractivity contribution in [3.05, 3.63) is 97.1 Å². The average molecular weight is 648 g/mol. The highest BCUT2D eigenvalue weighted by atomic mass is 79.9. The van der Waals surface area contributed by atoms with Crippen LogP contribution < -0.4 is 21.6 Å². The number of thioether (sulfide) groups is 1. The van der Waals surface area contributed by atoms with Gasteiger partial charge in [-0.3, -0.25) is 9.78 Å². The van der Waals surface area contributed by atoms with E-state index in [2.05, 4.69) is 95.2 Å². The van der Waals surface area contributed by atoms with Crippen molar-refractivity contribution in [2.24, 2.45) is 0 Å². The zero-order valence-corrected chi connectivity index (χ0v) is 26.3. The largest absolute Gasteiger partial charge is 0.407 e. The first-order valence-electron chi connectivity index (χ1n) is 12.7. The molecule has 4 rings (SSSR count). The van der Waals surface area contributed by atoms with Crippen LogP contribution in [0.3, 0.4) is 0 Å². The third kappa shape index (κ3) is 6.45. The highest BCUT2D eigenvalue weighted by Gasteiger charge is 2.49. The molecule has 1 aromatic heterocycles. The second-order valence-electron chi connectivity index (χ2n) is 10.5. The van der Waals surface area contributed by atoms with Gasteiger partial charge < -0.3 is 14.5 Å². The standard InChI is InChI=1S/C29H32BrClN2O4SSi/c1-29(2,3)39(20-12-6-4-7-13-20,21-14-8-5-9-15-21)37-16-10-11-19(34)18-38-26-24(30)23(31)17-22-25(26)32-28(36)33-27(22)35/h4-9,12-15,17,19,34H,10-11,16,18H2,1-3H3,(H2,32,33,35,36)/t19-/m0/s1. The molecule has 0 radical (unpaired) electrons. The SMILES string of the molecule is CC(C)(C)[Si](OCCC[C@H](O)CSc1c(Br)c(Cl)cc2c(=O)[nH]c(=O)[nH]c12)(c1ccccc1)c1ccccc1. The molecule has 3 N–H and O–H groups in total. The van der Waals surface area contributed by atoms with Gasteiger partial charge in [0.15, 0.2) is 0 Å². The van der Waals surface area contributed by atoms with Gasteiger partial charge in [0.25, 0.3) is 13.9 Å². The molecule has 0 spiro atoms. The molecule has 206 valence electrons. The van der Waals surface area contributed by atoms with Gasteiger partial charge in [0, 0.05) is 17.3 Å². The van der Waals surface area contributed by atoms with Crippen molar-refractivity contribution < 1.29 is 9.53 Å². The Balaban J connectivity index is 1.47. The summed E-state index contributed by atoms with van der Waals surface area (Å²) < 4.78 is 7.49. The van der Waals surface area contributed by atoms with Gasteiger partial charge >= 0.3 is 5.69 Å². The maximum absolute atomic E-state index is 12.3. The quantitative estimate of drug-likeness (QED) is 0.121. The smallest absolute Gasteiger partial charge is 0.326 e. The maximum atomic E-state index is 12.3. The van der Waals surface area contributed by atoms with Crippen LogP contribution in [0.1, 0.15) is 33.6 Å². The summed E-state index contributed by atoms with van der Waals surface area (Å²) in [5.41, 5.74) is -0.706. The van der Waals surface area contributed by atoms with Gasteiger partial charge in [-0.2, -0.15) is 0 Å². The fraction of sp³-hybridized carbons (Fsp3) is 0.310. The van der Waals surface area contributed by atoms with Gasteiger partial charge in [0.1, 0.15) is 0 Å². The monoisotopic (exact) mass is 646 g/mol. The number of H-pyrrole nitrogens is 2. The van der Waals surface area contributed by atoms with Gasteiger partial charge in [-0.15, -0.1) is 11.8 Å². The number of nitrogens with one attached hydrogen (secondary N) is 2. The average Bonchev–Trinajstić information content (AvgIpc) is 2.90. The van der Waals surface area contributed by atoms with Crippen LogP contribution in [0.5, 0.6) is 0 Å². The molecule has 4 aromatic rings. The van der Waals surface area contributed by atoms with Gasteiger partial charge in [0.05, 0.1) is 26.5 Å². The molecule has 0 bridgehead atoms. The van der Waals surface area contributed by atoms with E-state index in [1.807, 2.05) is 12.1 Å². The second kappa shape index (κ2) is 12.6. The Morgan fingerprint density at radius 3 is 2.18 bits per heavy atom. The van der Waals surface area contributed by atoms with Gasteiger partial charge in [-0.25, -0.2) is 4.79 Å². The molecule has 6 nitrogen and oxygen atoms in total. The van der Waals surface area contributed by atoms with Crippen LogP contribution in [0.15, 0.2) is 85.7 Å². The van der Waals surface area contributed by atoms with E-state index in [1.165, 1.54) is 28.2 Å². The highest BCUT2D eigenvalue weighted by molar-refractivity contribution is 9.10. The van der Waals surface area contributed by atoms with E-state index in [4.69, 9.17) is 16.0 Å². The predicted octanol–water partition coefficient (Wildman–Crippen LogP) is 5.44. The predicted molar refractivity (Wildman–Crippen MR) is 167 cm³/mol. The second-order valence-corrected chi connectivity index (χ2v) is 17.0. The molecule has 0 aliphatic heterocycles. The van der Waals surface area contributed by atoms with Crippen molar-refractivity contribution in [1.82, 2.24) is 9.97 Å². The van der Waals surface area contributed by atoms with E-state index in [9.17, 15) is 14.7 Å². The van der Waals surface area contributed by atoms with Crippen molar-refractivity contribution >= 4 is 68.9 Å². The van der Waals surface area contributed by atoms with Gasteiger partial charge in [-0.05, 0) is 50.2 Å². The number of aliphatic hydroxyl groups excluding tert-OH is 1. The molecular weight excluding hydrogens is 616 g/mol. The normalized spacial score (nSPS) is 13.1. The highest BCUT2D eigenvalue weighted by Crippen LogP contribution is 2.39. The third-order valence-electron chi connectivity index (χ3n) is 6.72. The lowest BCUT2D eigenvalue weighted by Gasteiger charge is -2.43. The summed E-state index contributed by atoms with van der Waals surface area (Å²) >= 11 is 11.1. The number of aromatic nitrogens is 2. The van der Waals surface area contributed by atoms with Crippen molar-refractivity contribution in [2.75, 3.05) is 12.4 Å². The molecule has 1 heterocycles. The molecule has 0 fully saturated rings. The van der Waals surface area contributed by atoms with Crippen LogP contribution in [0.2, 0.25) is 10.1 Å². The summed E-state index contributed by atoms with van der Waals surface area (Å²) in [4.78, 5) is 29.7. The molecule has 0 saturated heterocycles. The zero-order valence-electron chi connectivity index (χ0n) is 22.1. The number of hydrogen-bond acceptors (Lipinski definition) is 5. The van der Waals surface area contributed by atoms with Crippen molar-refractivity contribution in [3.63, 3.8) is 0 Å². The van der Waals surface area contributed by atoms with E-state index < -0.39 is 25.7 Å². The molecular formula is C29H32BrClN2O4SSi. The number of aromatic amines is 2. The fourth-order valence-electron chi connectivity index (χ4n) is 4.93. The first-order chi connectivity index (χ1) is 18.5. The van der Waals surface area contributed by atoms with E-state index in [-0.39, 0.29) is 5.04 Å². The molecule has 0 aliphatic carbocycles.